The van der Waals surface area contributed by atoms with E-state index >= 15 is 0 Å². The first-order chi connectivity index (χ1) is 6.83. The number of aromatic nitrogens is 2. The van der Waals surface area contributed by atoms with Crippen LogP contribution < -0.4 is 5.73 Å². The molecule has 1 fully saturated rings. The Balaban J connectivity index is 2.18. The average molecular weight is 197 g/mol. The zero-order valence-electron chi connectivity index (χ0n) is 8.25. The minimum Gasteiger partial charge on any atom is -0.326 e. The molecule has 0 unspecified atom stereocenters. The Morgan fingerprint density at radius 3 is 2.71 bits per heavy atom. The number of hydrogen-bond donors (Lipinski definition) is 1. The van der Waals surface area contributed by atoms with Gasteiger partial charge >= 0.3 is 0 Å². The fourth-order valence-electron chi connectivity index (χ4n) is 2.10. The summed E-state index contributed by atoms with van der Waals surface area (Å²) < 4.78 is 15.2. The maximum atomic E-state index is 13.6. The number of hydrogen-bond acceptors (Lipinski definition) is 2. The van der Waals surface area contributed by atoms with E-state index in [1.54, 1.807) is 6.20 Å². The smallest absolute Gasteiger partial charge is 0.216 e. The van der Waals surface area contributed by atoms with Gasteiger partial charge in [0, 0.05) is 12.1 Å². The molecule has 0 amide bonds. The second-order valence-electron chi connectivity index (χ2n) is 3.90. The van der Waals surface area contributed by atoms with Crippen molar-refractivity contribution in [1.82, 2.24) is 9.78 Å². The molecule has 1 aliphatic carbocycles. The third kappa shape index (κ3) is 1.66. The van der Waals surface area contributed by atoms with E-state index in [1.807, 2.05) is 0 Å². The second-order valence-corrected chi connectivity index (χ2v) is 3.90. The van der Waals surface area contributed by atoms with E-state index < -0.39 is 0 Å². The monoisotopic (exact) mass is 197 g/mol. The first-order valence-electron chi connectivity index (χ1n) is 5.25. The van der Waals surface area contributed by atoms with Gasteiger partial charge in [-0.15, -0.1) is 0 Å². The van der Waals surface area contributed by atoms with Crippen molar-refractivity contribution in [2.24, 2.45) is 5.73 Å². The number of halogens is 1. The van der Waals surface area contributed by atoms with Gasteiger partial charge in [0.25, 0.3) is 0 Å². The third-order valence-electron chi connectivity index (χ3n) is 2.94. The van der Waals surface area contributed by atoms with Gasteiger partial charge in [-0.25, -0.2) is 4.68 Å². The van der Waals surface area contributed by atoms with Gasteiger partial charge in [0.15, 0.2) is 0 Å². The van der Waals surface area contributed by atoms with Crippen LogP contribution in [0.3, 0.4) is 0 Å². The molecular weight excluding hydrogens is 181 g/mol. The summed E-state index contributed by atoms with van der Waals surface area (Å²) in [5.74, 6) is -0.237. The SMILES string of the molecule is NCc1cnn(C2CCCCC2)c1F. The molecule has 0 saturated heterocycles. The van der Waals surface area contributed by atoms with Crippen molar-refractivity contribution in [3.63, 3.8) is 0 Å². The summed E-state index contributed by atoms with van der Waals surface area (Å²) in [5.41, 5.74) is 5.92. The van der Waals surface area contributed by atoms with Crippen LogP contribution in [0, 0.1) is 5.95 Å². The summed E-state index contributed by atoms with van der Waals surface area (Å²) in [5, 5.41) is 4.07. The van der Waals surface area contributed by atoms with Gasteiger partial charge in [-0.2, -0.15) is 9.49 Å². The third-order valence-corrected chi connectivity index (χ3v) is 2.94. The molecule has 0 aliphatic heterocycles. The molecule has 1 saturated carbocycles. The van der Waals surface area contributed by atoms with E-state index in [9.17, 15) is 4.39 Å². The Hall–Kier alpha value is -0.900. The Morgan fingerprint density at radius 2 is 2.14 bits per heavy atom. The molecule has 1 aromatic rings. The molecule has 2 rings (SSSR count). The fraction of sp³-hybridized carbons (Fsp3) is 0.700. The molecule has 2 N–H and O–H groups in total. The Bertz CT molecular complexity index is 302. The van der Waals surface area contributed by atoms with E-state index in [1.165, 1.54) is 23.9 Å². The lowest BCUT2D eigenvalue weighted by Crippen LogP contribution is -2.16. The van der Waals surface area contributed by atoms with Crippen molar-refractivity contribution in [3.8, 4) is 0 Å². The normalized spacial score (nSPS) is 18.7. The minimum absolute atomic E-state index is 0.235. The van der Waals surface area contributed by atoms with E-state index in [2.05, 4.69) is 5.10 Å². The molecular formula is C10H16FN3. The summed E-state index contributed by atoms with van der Waals surface area (Å²) in [7, 11) is 0. The highest BCUT2D eigenvalue weighted by Gasteiger charge is 2.20. The molecule has 1 aromatic heterocycles. The van der Waals surface area contributed by atoms with Gasteiger partial charge in [-0.3, -0.25) is 0 Å². The lowest BCUT2D eigenvalue weighted by atomic mass is 9.96. The lowest BCUT2D eigenvalue weighted by Gasteiger charge is -2.22. The van der Waals surface area contributed by atoms with E-state index in [-0.39, 0.29) is 18.5 Å². The predicted octanol–water partition coefficient (Wildman–Crippen LogP) is 1.99. The van der Waals surface area contributed by atoms with Crippen LogP contribution in [0.4, 0.5) is 4.39 Å². The predicted molar refractivity (Wildman–Crippen MR) is 52.2 cm³/mol. The van der Waals surface area contributed by atoms with Gasteiger partial charge < -0.3 is 5.73 Å². The number of nitrogens with zero attached hydrogens (tertiary/aromatic N) is 2. The minimum atomic E-state index is -0.237. The maximum absolute atomic E-state index is 13.6. The molecule has 0 radical (unpaired) electrons. The van der Waals surface area contributed by atoms with E-state index in [0.29, 0.717) is 5.56 Å². The van der Waals surface area contributed by atoms with Crippen LogP contribution >= 0.6 is 0 Å². The highest BCUT2D eigenvalue weighted by Crippen LogP contribution is 2.28. The van der Waals surface area contributed by atoms with Gasteiger partial charge in [-0.05, 0) is 12.8 Å². The van der Waals surface area contributed by atoms with Crippen LogP contribution in [0.25, 0.3) is 0 Å². The van der Waals surface area contributed by atoms with Crippen LogP contribution in [-0.2, 0) is 6.54 Å². The first kappa shape index (κ1) is 9.65. The summed E-state index contributed by atoms with van der Waals surface area (Å²) in [6, 6.07) is 0.254. The molecule has 78 valence electrons. The van der Waals surface area contributed by atoms with Crippen LogP contribution in [0.5, 0.6) is 0 Å². The molecule has 1 heterocycles. The van der Waals surface area contributed by atoms with Crippen LogP contribution in [0.2, 0.25) is 0 Å². The van der Waals surface area contributed by atoms with Crippen molar-refractivity contribution in [2.45, 2.75) is 44.7 Å². The van der Waals surface area contributed by atoms with Crippen molar-refractivity contribution in [2.75, 3.05) is 0 Å². The van der Waals surface area contributed by atoms with Gasteiger partial charge in [0.05, 0.1) is 12.2 Å². The fourth-order valence-corrected chi connectivity index (χ4v) is 2.10. The Labute approximate surface area is 83.1 Å². The molecule has 0 spiro atoms. The van der Waals surface area contributed by atoms with Crippen LogP contribution in [0.15, 0.2) is 6.20 Å². The number of nitrogens with two attached hydrogens (primary N) is 1. The lowest BCUT2D eigenvalue weighted by molar-refractivity contribution is 0.292. The topological polar surface area (TPSA) is 43.8 Å². The highest BCUT2D eigenvalue weighted by atomic mass is 19.1. The zero-order chi connectivity index (χ0) is 9.97. The summed E-state index contributed by atoms with van der Waals surface area (Å²) in [6.07, 6.45) is 7.27. The highest BCUT2D eigenvalue weighted by molar-refractivity contribution is 5.06. The summed E-state index contributed by atoms with van der Waals surface area (Å²) in [6.45, 7) is 0.235. The quantitative estimate of drug-likeness (QED) is 0.787. The van der Waals surface area contributed by atoms with Gasteiger partial charge in [0.1, 0.15) is 0 Å². The maximum Gasteiger partial charge on any atom is 0.216 e. The standard InChI is InChI=1S/C10H16FN3/c11-10-8(6-12)7-13-14(10)9-4-2-1-3-5-9/h7,9H,1-6,12H2. The van der Waals surface area contributed by atoms with Gasteiger partial charge in [0.2, 0.25) is 5.95 Å². The summed E-state index contributed by atoms with van der Waals surface area (Å²) in [4.78, 5) is 0. The van der Waals surface area contributed by atoms with Crippen molar-refractivity contribution in [1.29, 1.82) is 0 Å². The van der Waals surface area contributed by atoms with Gasteiger partial charge in [-0.1, -0.05) is 19.3 Å². The first-order valence-corrected chi connectivity index (χ1v) is 5.25. The molecule has 3 nitrogen and oxygen atoms in total. The second kappa shape index (κ2) is 4.09. The largest absolute Gasteiger partial charge is 0.326 e. The Morgan fingerprint density at radius 1 is 1.43 bits per heavy atom. The molecule has 4 heteroatoms. The molecule has 14 heavy (non-hydrogen) atoms. The van der Waals surface area contributed by atoms with E-state index in [0.717, 1.165) is 12.8 Å². The van der Waals surface area contributed by atoms with Crippen molar-refractivity contribution >= 4 is 0 Å². The van der Waals surface area contributed by atoms with Crippen molar-refractivity contribution in [3.05, 3.63) is 17.7 Å². The summed E-state index contributed by atoms with van der Waals surface area (Å²) >= 11 is 0. The molecule has 0 aromatic carbocycles. The number of rotatable bonds is 2. The molecule has 1 aliphatic rings. The average Bonchev–Trinajstić information content (AvgIpc) is 2.61. The van der Waals surface area contributed by atoms with Crippen LogP contribution in [-0.4, -0.2) is 9.78 Å². The Kier molecular flexibility index (Phi) is 2.82. The van der Waals surface area contributed by atoms with Crippen LogP contribution in [0.1, 0.15) is 43.7 Å². The zero-order valence-corrected chi connectivity index (χ0v) is 8.25. The van der Waals surface area contributed by atoms with Crippen molar-refractivity contribution < 1.29 is 4.39 Å². The molecule has 0 bridgehead atoms. The van der Waals surface area contributed by atoms with E-state index in [4.69, 9.17) is 5.73 Å². The molecule has 0 atom stereocenters.